The second kappa shape index (κ2) is 10.1. The van der Waals surface area contributed by atoms with Gasteiger partial charge in [0.2, 0.25) is 5.91 Å². The summed E-state index contributed by atoms with van der Waals surface area (Å²) in [6, 6.07) is 21.5. The van der Waals surface area contributed by atoms with Crippen LogP contribution in [0, 0.1) is 0 Å². The van der Waals surface area contributed by atoms with Crippen LogP contribution in [0.2, 0.25) is 0 Å². The number of halogens is 1. The second-order valence-corrected chi connectivity index (χ2v) is 8.74. The van der Waals surface area contributed by atoms with Gasteiger partial charge in [-0.3, -0.25) is 4.79 Å². The molecule has 1 aromatic heterocycles. The zero-order valence-corrected chi connectivity index (χ0v) is 20.4. The lowest BCUT2D eigenvalue weighted by Gasteiger charge is -2.17. The third kappa shape index (κ3) is 5.20. The van der Waals surface area contributed by atoms with Gasteiger partial charge in [-0.2, -0.15) is 0 Å². The SMILES string of the molecule is COc1ccc(CC(=O)NC(C)c2nc3ccccc3n2Cc2ccc(Br)cc2)cc1OC. The van der Waals surface area contributed by atoms with Crippen molar-refractivity contribution in [2.75, 3.05) is 14.2 Å². The van der Waals surface area contributed by atoms with E-state index in [-0.39, 0.29) is 18.4 Å². The smallest absolute Gasteiger partial charge is 0.224 e. The minimum Gasteiger partial charge on any atom is -0.493 e. The van der Waals surface area contributed by atoms with Crippen LogP contribution >= 0.6 is 15.9 Å². The first-order valence-electron chi connectivity index (χ1n) is 10.7. The van der Waals surface area contributed by atoms with E-state index < -0.39 is 0 Å². The number of hydrogen-bond acceptors (Lipinski definition) is 4. The number of ether oxygens (including phenoxy) is 2. The van der Waals surface area contributed by atoms with Gasteiger partial charge >= 0.3 is 0 Å². The number of carbonyl (C=O) groups is 1. The predicted molar refractivity (Wildman–Crippen MR) is 133 cm³/mol. The molecule has 170 valence electrons. The van der Waals surface area contributed by atoms with E-state index in [1.165, 1.54) is 0 Å². The zero-order valence-electron chi connectivity index (χ0n) is 18.8. The minimum atomic E-state index is -0.263. The molecule has 1 N–H and O–H groups in total. The fraction of sp³-hybridized carbons (Fsp3) is 0.231. The average molecular weight is 508 g/mol. The number of amides is 1. The topological polar surface area (TPSA) is 65.4 Å². The van der Waals surface area contributed by atoms with Crippen molar-refractivity contribution in [3.8, 4) is 11.5 Å². The van der Waals surface area contributed by atoms with Crippen molar-refractivity contribution < 1.29 is 14.3 Å². The van der Waals surface area contributed by atoms with Crippen LogP contribution in [-0.2, 0) is 17.8 Å². The minimum absolute atomic E-state index is 0.0861. The summed E-state index contributed by atoms with van der Waals surface area (Å²) in [4.78, 5) is 17.7. The highest BCUT2D eigenvalue weighted by molar-refractivity contribution is 9.10. The number of aromatic nitrogens is 2. The van der Waals surface area contributed by atoms with Crippen LogP contribution in [0.25, 0.3) is 11.0 Å². The molecule has 1 heterocycles. The summed E-state index contributed by atoms with van der Waals surface area (Å²) in [6.07, 6.45) is 0.234. The number of imidazole rings is 1. The van der Waals surface area contributed by atoms with Crippen LogP contribution in [-0.4, -0.2) is 29.7 Å². The fourth-order valence-electron chi connectivity index (χ4n) is 3.90. The highest BCUT2D eigenvalue weighted by atomic mass is 79.9. The first kappa shape index (κ1) is 22.9. The van der Waals surface area contributed by atoms with Crippen LogP contribution in [0.1, 0.15) is 29.9 Å². The van der Waals surface area contributed by atoms with Crippen LogP contribution in [0.15, 0.2) is 71.2 Å². The summed E-state index contributed by atoms with van der Waals surface area (Å²) in [5.41, 5.74) is 3.95. The molecule has 7 heteroatoms. The largest absolute Gasteiger partial charge is 0.493 e. The number of benzene rings is 3. The quantitative estimate of drug-likeness (QED) is 0.352. The molecule has 1 atom stereocenters. The van der Waals surface area contributed by atoms with Crippen molar-refractivity contribution in [1.82, 2.24) is 14.9 Å². The number of para-hydroxylation sites is 2. The molecule has 0 aliphatic carbocycles. The molecule has 1 unspecified atom stereocenters. The molecule has 0 bridgehead atoms. The molecule has 0 fully saturated rings. The van der Waals surface area contributed by atoms with Crippen LogP contribution < -0.4 is 14.8 Å². The predicted octanol–water partition coefficient (Wildman–Crippen LogP) is 5.28. The van der Waals surface area contributed by atoms with Crippen molar-refractivity contribution in [3.63, 3.8) is 0 Å². The molecule has 0 spiro atoms. The van der Waals surface area contributed by atoms with Gasteiger partial charge in [-0.25, -0.2) is 4.98 Å². The average Bonchev–Trinajstić information content (AvgIpc) is 3.19. The maximum Gasteiger partial charge on any atom is 0.224 e. The first-order chi connectivity index (χ1) is 16.0. The van der Waals surface area contributed by atoms with Gasteiger partial charge in [0.1, 0.15) is 5.82 Å². The Kier molecular flexibility index (Phi) is 6.99. The molecule has 4 rings (SSSR count). The molecule has 0 radical (unpaired) electrons. The van der Waals surface area contributed by atoms with Crippen molar-refractivity contribution in [2.45, 2.75) is 25.9 Å². The van der Waals surface area contributed by atoms with Crippen molar-refractivity contribution in [2.24, 2.45) is 0 Å². The number of fused-ring (bicyclic) bond motifs is 1. The summed E-state index contributed by atoms with van der Waals surface area (Å²) < 4.78 is 13.8. The molecule has 6 nitrogen and oxygen atoms in total. The van der Waals surface area contributed by atoms with E-state index in [1.807, 2.05) is 55.5 Å². The monoisotopic (exact) mass is 507 g/mol. The summed E-state index contributed by atoms with van der Waals surface area (Å²) in [5, 5.41) is 3.11. The summed E-state index contributed by atoms with van der Waals surface area (Å²) in [7, 11) is 3.17. The molecule has 0 saturated heterocycles. The van der Waals surface area contributed by atoms with E-state index in [0.29, 0.717) is 18.0 Å². The molecule has 33 heavy (non-hydrogen) atoms. The Balaban J connectivity index is 1.55. The van der Waals surface area contributed by atoms with Gasteiger partial charge < -0.3 is 19.4 Å². The number of hydrogen-bond donors (Lipinski definition) is 1. The summed E-state index contributed by atoms with van der Waals surface area (Å²) >= 11 is 3.49. The van der Waals surface area contributed by atoms with Crippen molar-refractivity contribution >= 4 is 32.9 Å². The second-order valence-electron chi connectivity index (χ2n) is 7.83. The van der Waals surface area contributed by atoms with E-state index in [1.54, 1.807) is 14.2 Å². The first-order valence-corrected chi connectivity index (χ1v) is 11.5. The number of nitrogens with zero attached hydrogens (tertiary/aromatic N) is 2. The Morgan fingerprint density at radius 2 is 1.70 bits per heavy atom. The third-order valence-electron chi connectivity index (χ3n) is 5.52. The van der Waals surface area contributed by atoms with Gasteiger partial charge in [-0.15, -0.1) is 0 Å². The maximum absolute atomic E-state index is 12.8. The normalized spacial score (nSPS) is 11.9. The van der Waals surface area contributed by atoms with Gasteiger partial charge in [-0.05, 0) is 54.4 Å². The lowest BCUT2D eigenvalue weighted by Crippen LogP contribution is -2.30. The molecule has 0 saturated carbocycles. The third-order valence-corrected chi connectivity index (χ3v) is 6.04. The van der Waals surface area contributed by atoms with Gasteiger partial charge in [0.25, 0.3) is 0 Å². The Bertz CT molecular complexity index is 1270. The van der Waals surface area contributed by atoms with Crippen LogP contribution in [0.5, 0.6) is 11.5 Å². The molecule has 1 amide bonds. The Morgan fingerprint density at radius 1 is 1.00 bits per heavy atom. The van der Waals surface area contributed by atoms with Gasteiger partial charge in [0.05, 0.1) is 37.7 Å². The van der Waals surface area contributed by atoms with E-state index in [0.717, 1.165) is 32.5 Å². The molecule has 0 aliphatic rings. The Labute approximate surface area is 201 Å². The van der Waals surface area contributed by atoms with E-state index in [2.05, 4.69) is 44.0 Å². The lowest BCUT2D eigenvalue weighted by molar-refractivity contribution is -0.121. The molecule has 4 aromatic rings. The van der Waals surface area contributed by atoms with E-state index in [9.17, 15) is 4.79 Å². The maximum atomic E-state index is 12.8. The fourth-order valence-corrected chi connectivity index (χ4v) is 4.16. The van der Waals surface area contributed by atoms with E-state index >= 15 is 0 Å². The number of methoxy groups -OCH3 is 2. The summed E-state index contributed by atoms with van der Waals surface area (Å²) in [6.45, 7) is 2.63. The van der Waals surface area contributed by atoms with Gasteiger partial charge in [0.15, 0.2) is 11.5 Å². The Morgan fingerprint density at radius 3 is 2.42 bits per heavy atom. The Hall–Kier alpha value is -3.32. The van der Waals surface area contributed by atoms with Gasteiger partial charge in [-0.1, -0.05) is 46.3 Å². The summed E-state index contributed by atoms with van der Waals surface area (Å²) in [5.74, 6) is 1.97. The van der Waals surface area contributed by atoms with Crippen LogP contribution in [0.3, 0.4) is 0 Å². The van der Waals surface area contributed by atoms with Crippen molar-refractivity contribution in [3.05, 3.63) is 88.2 Å². The van der Waals surface area contributed by atoms with Crippen molar-refractivity contribution in [1.29, 1.82) is 0 Å². The number of carbonyl (C=O) groups excluding carboxylic acids is 1. The molecule has 3 aromatic carbocycles. The number of rotatable bonds is 8. The standard InChI is InChI=1S/C26H26BrN3O3/c1-17(28-25(31)15-19-10-13-23(32-2)24(14-19)33-3)26-29-21-6-4-5-7-22(21)30(26)16-18-8-11-20(27)12-9-18/h4-14,17H,15-16H2,1-3H3,(H,28,31). The van der Waals surface area contributed by atoms with E-state index in [4.69, 9.17) is 14.5 Å². The molecular formula is C26H26BrN3O3. The highest BCUT2D eigenvalue weighted by Gasteiger charge is 2.19. The van der Waals surface area contributed by atoms with Crippen LogP contribution in [0.4, 0.5) is 0 Å². The lowest BCUT2D eigenvalue weighted by atomic mass is 10.1. The highest BCUT2D eigenvalue weighted by Crippen LogP contribution is 2.28. The number of nitrogens with one attached hydrogen (secondary N) is 1. The van der Waals surface area contributed by atoms with Gasteiger partial charge in [0, 0.05) is 11.0 Å². The zero-order chi connectivity index (χ0) is 23.4. The molecule has 0 aliphatic heterocycles. The molecular weight excluding hydrogens is 482 g/mol.